The number of hydrogen-bond acceptors (Lipinski definition) is 8. The summed E-state index contributed by atoms with van der Waals surface area (Å²) in [5.41, 5.74) is 5.00. The molecule has 1 aliphatic carbocycles. The molecule has 0 spiro atoms. The van der Waals surface area contributed by atoms with Crippen LogP contribution in [0, 0.1) is 13.8 Å². The van der Waals surface area contributed by atoms with Gasteiger partial charge in [-0.05, 0) is 50.3 Å². The van der Waals surface area contributed by atoms with Crippen molar-refractivity contribution >= 4 is 17.6 Å². The van der Waals surface area contributed by atoms with E-state index in [2.05, 4.69) is 69.0 Å². The quantitative estimate of drug-likeness (QED) is 0.664. The molecule has 2 aromatic heterocycles. The third kappa shape index (κ3) is 4.49. The van der Waals surface area contributed by atoms with Gasteiger partial charge in [0.1, 0.15) is 5.82 Å². The zero-order valence-corrected chi connectivity index (χ0v) is 19.2. The van der Waals surface area contributed by atoms with Crippen LogP contribution in [-0.4, -0.2) is 58.9 Å². The van der Waals surface area contributed by atoms with Gasteiger partial charge in [0.15, 0.2) is 11.5 Å². The number of aromatic nitrogens is 4. The van der Waals surface area contributed by atoms with Crippen LogP contribution in [0.4, 0.5) is 11.6 Å². The summed E-state index contributed by atoms with van der Waals surface area (Å²) < 4.78 is 4.70. The Morgan fingerprint density at radius 2 is 1.97 bits per heavy atom. The maximum absolute atomic E-state index is 11.6. The normalized spacial score (nSPS) is 18.5. The number of allylic oxidation sites excluding steroid dienone is 4. The van der Waals surface area contributed by atoms with Gasteiger partial charge in [0.05, 0.1) is 25.2 Å². The highest BCUT2D eigenvalue weighted by Crippen LogP contribution is 2.27. The molecule has 0 unspecified atom stereocenters. The maximum atomic E-state index is 11.6. The molecular formula is C24H30N6O2. The van der Waals surface area contributed by atoms with Crippen LogP contribution < -0.4 is 9.80 Å². The number of anilines is 2. The summed E-state index contributed by atoms with van der Waals surface area (Å²) in [4.78, 5) is 24.7. The van der Waals surface area contributed by atoms with Crippen LogP contribution >= 0.6 is 0 Å². The van der Waals surface area contributed by atoms with Gasteiger partial charge in [0.2, 0.25) is 0 Å². The number of methoxy groups -OCH3 is 1. The van der Waals surface area contributed by atoms with Crippen molar-refractivity contribution in [2.24, 2.45) is 0 Å². The molecule has 0 radical (unpaired) electrons. The van der Waals surface area contributed by atoms with Crippen LogP contribution in [-0.2, 0) is 11.2 Å². The number of carbonyl (C=O) groups excluding carboxylic acids is 1. The van der Waals surface area contributed by atoms with Gasteiger partial charge in [-0.25, -0.2) is 14.8 Å². The molecule has 1 saturated heterocycles. The van der Waals surface area contributed by atoms with E-state index in [1.807, 2.05) is 0 Å². The number of esters is 1. The lowest BCUT2D eigenvalue weighted by atomic mass is 9.99. The van der Waals surface area contributed by atoms with E-state index in [1.54, 1.807) is 6.20 Å². The Morgan fingerprint density at radius 3 is 2.62 bits per heavy atom. The van der Waals surface area contributed by atoms with Gasteiger partial charge in [-0.2, -0.15) is 5.10 Å². The van der Waals surface area contributed by atoms with E-state index in [0.29, 0.717) is 0 Å². The highest BCUT2D eigenvalue weighted by molar-refractivity contribution is 5.86. The summed E-state index contributed by atoms with van der Waals surface area (Å²) in [6.07, 6.45) is 12.9. The molecule has 2 aromatic rings. The van der Waals surface area contributed by atoms with Crippen molar-refractivity contribution < 1.29 is 9.53 Å². The van der Waals surface area contributed by atoms with Crippen LogP contribution in [0.5, 0.6) is 0 Å². The van der Waals surface area contributed by atoms with Gasteiger partial charge in [-0.1, -0.05) is 18.2 Å². The first-order chi connectivity index (χ1) is 15.5. The van der Waals surface area contributed by atoms with Crippen LogP contribution in [0.1, 0.15) is 47.1 Å². The van der Waals surface area contributed by atoms with E-state index in [0.717, 1.165) is 56.2 Å². The van der Waals surface area contributed by atoms with Crippen molar-refractivity contribution in [3.63, 3.8) is 0 Å². The minimum absolute atomic E-state index is 0.209. The Balaban J connectivity index is 1.46. The molecule has 1 fully saturated rings. The van der Waals surface area contributed by atoms with Crippen molar-refractivity contribution in [3.8, 4) is 0 Å². The Kier molecular flexibility index (Phi) is 6.48. The molecular weight excluding hydrogens is 404 g/mol. The molecule has 8 nitrogen and oxygen atoms in total. The summed E-state index contributed by atoms with van der Waals surface area (Å²) in [5.74, 6) is 1.23. The van der Waals surface area contributed by atoms with Crippen molar-refractivity contribution in [2.75, 3.05) is 36.5 Å². The Labute approximate surface area is 189 Å². The van der Waals surface area contributed by atoms with Crippen LogP contribution in [0.3, 0.4) is 0 Å². The zero-order valence-electron chi connectivity index (χ0n) is 19.2. The lowest BCUT2D eigenvalue weighted by molar-refractivity contribution is 0.0593. The second-order valence-electron chi connectivity index (χ2n) is 8.40. The third-order valence-electron chi connectivity index (χ3n) is 6.29. The van der Waals surface area contributed by atoms with Crippen LogP contribution in [0.2, 0.25) is 0 Å². The lowest BCUT2D eigenvalue weighted by Gasteiger charge is -2.41. The van der Waals surface area contributed by atoms with E-state index >= 15 is 0 Å². The number of nitrogens with zero attached hydrogens (tertiary/aromatic N) is 6. The predicted molar refractivity (Wildman–Crippen MR) is 124 cm³/mol. The Bertz CT molecular complexity index is 1050. The second kappa shape index (κ2) is 9.46. The number of piperazine rings is 1. The molecule has 0 N–H and O–H groups in total. The largest absolute Gasteiger partial charge is 0.464 e. The van der Waals surface area contributed by atoms with Gasteiger partial charge in [0, 0.05) is 32.1 Å². The number of ether oxygens (including phenoxy) is 1. The molecule has 3 heterocycles. The monoisotopic (exact) mass is 434 g/mol. The molecule has 168 valence electrons. The van der Waals surface area contributed by atoms with Gasteiger partial charge >= 0.3 is 5.97 Å². The molecule has 1 atom stereocenters. The molecule has 1 aliphatic heterocycles. The second-order valence-corrected chi connectivity index (χ2v) is 8.40. The molecule has 4 rings (SSSR count). The fourth-order valence-corrected chi connectivity index (χ4v) is 4.27. The minimum atomic E-state index is -0.481. The summed E-state index contributed by atoms with van der Waals surface area (Å²) in [6, 6.07) is 0.209. The third-order valence-corrected chi connectivity index (χ3v) is 6.29. The number of rotatable bonds is 5. The summed E-state index contributed by atoms with van der Waals surface area (Å²) in [7, 11) is 1.34. The fraction of sp³-hybridized carbons (Fsp3) is 0.458. The topological polar surface area (TPSA) is 84.3 Å². The first kappa shape index (κ1) is 21.9. The van der Waals surface area contributed by atoms with Crippen molar-refractivity contribution in [3.05, 3.63) is 58.7 Å². The highest BCUT2D eigenvalue weighted by atomic mass is 16.5. The predicted octanol–water partition coefficient (Wildman–Crippen LogP) is 3.20. The molecule has 0 bridgehead atoms. The van der Waals surface area contributed by atoms with Crippen molar-refractivity contribution in [1.82, 2.24) is 20.2 Å². The van der Waals surface area contributed by atoms with Gasteiger partial charge in [-0.15, -0.1) is 5.10 Å². The lowest BCUT2D eigenvalue weighted by Crippen LogP contribution is -2.53. The molecule has 0 aromatic carbocycles. The van der Waals surface area contributed by atoms with Crippen molar-refractivity contribution in [1.29, 1.82) is 0 Å². The molecule has 0 amide bonds. The van der Waals surface area contributed by atoms with Crippen molar-refractivity contribution in [2.45, 2.75) is 46.1 Å². The number of hydrogen-bond donors (Lipinski definition) is 0. The molecule has 8 heteroatoms. The smallest absolute Gasteiger partial charge is 0.358 e. The zero-order chi connectivity index (χ0) is 22.7. The average Bonchev–Trinajstić information content (AvgIpc) is 2.82. The standard InChI is InChI=1S/C24H30N6O2/c1-16-15-29(10-11-30(16)22-14-25-21(13-26-22)24(31)32-4)23-18(3)17(2)20(27-28-23)12-19-8-6-5-7-9-19/h6,8-9,13-14,16H,5,7,10-12,15H2,1-4H3/t16-/m0/s1. The van der Waals surface area contributed by atoms with Gasteiger partial charge < -0.3 is 14.5 Å². The van der Waals surface area contributed by atoms with Crippen LogP contribution in [0.25, 0.3) is 0 Å². The Hall–Kier alpha value is -3.29. The van der Waals surface area contributed by atoms with Crippen LogP contribution in [0.15, 0.2) is 36.2 Å². The first-order valence-corrected chi connectivity index (χ1v) is 11.1. The van der Waals surface area contributed by atoms with Gasteiger partial charge in [-0.3, -0.25) is 0 Å². The highest BCUT2D eigenvalue weighted by Gasteiger charge is 2.27. The van der Waals surface area contributed by atoms with E-state index in [-0.39, 0.29) is 11.7 Å². The summed E-state index contributed by atoms with van der Waals surface area (Å²) in [5, 5.41) is 9.23. The molecule has 2 aliphatic rings. The average molecular weight is 435 g/mol. The van der Waals surface area contributed by atoms with Gasteiger partial charge in [0.25, 0.3) is 0 Å². The minimum Gasteiger partial charge on any atom is -0.464 e. The first-order valence-electron chi connectivity index (χ1n) is 11.1. The number of carbonyl (C=O) groups is 1. The Morgan fingerprint density at radius 1 is 1.12 bits per heavy atom. The molecule has 0 saturated carbocycles. The van der Waals surface area contributed by atoms with E-state index in [4.69, 9.17) is 4.74 Å². The van der Waals surface area contributed by atoms with E-state index in [9.17, 15) is 4.79 Å². The maximum Gasteiger partial charge on any atom is 0.358 e. The van der Waals surface area contributed by atoms with E-state index in [1.165, 1.54) is 30.0 Å². The molecule has 32 heavy (non-hydrogen) atoms. The summed E-state index contributed by atoms with van der Waals surface area (Å²) in [6.45, 7) is 8.85. The fourth-order valence-electron chi connectivity index (χ4n) is 4.27. The summed E-state index contributed by atoms with van der Waals surface area (Å²) >= 11 is 0. The van der Waals surface area contributed by atoms with E-state index < -0.39 is 5.97 Å². The SMILES string of the molecule is COC(=O)c1cnc(N2CCN(c3nnc(CC4=CCCC=C4)c(C)c3C)C[C@@H]2C)cn1.